The van der Waals surface area contributed by atoms with Crippen molar-refractivity contribution >= 4 is 5.91 Å². The highest BCUT2D eigenvalue weighted by molar-refractivity contribution is 5.94. The van der Waals surface area contributed by atoms with Crippen LogP contribution in [0.1, 0.15) is 40.2 Å². The Labute approximate surface area is 142 Å². The van der Waals surface area contributed by atoms with Crippen LogP contribution in [-0.2, 0) is 24.3 Å². The molecule has 2 heterocycles. The molecule has 6 nitrogen and oxygen atoms in total. The zero-order chi connectivity index (χ0) is 16.6. The number of carbonyl (C=O) groups is 1. The second kappa shape index (κ2) is 8.61. The van der Waals surface area contributed by atoms with Gasteiger partial charge in [0.2, 0.25) is 0 Å². The van der Waals surface area contributed by atoms with E-state index < -0.39 is 0 Å². The second-order valence-corrected chi connectivity index (χ2v) is 5.96. The molecule has 0 fully saturated rings. The third-order valence-corrected chi connectivity index (χ3v) is 4.13. The first-order valence-corrected chi connectivity index (χ1v) is 8.51. The topological polar surface area (TPSA) is 79.0 Å². The normalized spacial score (nSPS) is 13.5. The number of hydrogen-bond donors (Lipinski definition) is 3. The van der Waals surface area contributed by atoms with E-state index in [2.05, 4.69) is 33.0 Å². The third-order valence-electron chi connectivity index (χ3n) is 4.13. The van der Waals surface area contributed by atoms with E-state index in [1.807, 2.05) is 18.2 Å². The molecular formula is C18H24N4O2. The maximum Gasteiger partial charge on any atom is 0.272 e. The number of H-pyrrole nitrogens is 1. The number of aromatic nitrogens is 2. The van der Waals surface area contributed by atoms with Crippen molar-refractivity contribution in [2.75, 3.05) is 19.7 Å². The number of nitrogens with one attached hydrogen (secondary N) is 3. The first-order valence-electron chi connectivity index (χ1n) is 8.51. The Kier molecular flexibility index (Phi) is 5.98. The van der Waals surface area contributed by atoms with E-state index in [-0.39, 0.29) is 5.91 Å². The van der Waals surface area contributed by atoms with Crippen LogP contribution in [0, 0.1) is 0 Å². The van der Waals surface area contributed by atoms with E-state index in [0.29, 0.717) is 32.0 Å². The molecule has 0 bridgehead atoms. The van der Waals surface area contributed by atoms with Gasteiger partial charge in [-0.3, -0.25) is 9.89 Å². The molecular weight excluding hydrogens is 304 g/mol. The lowest BCUT2D eigenvalue weighted by Crippen LogP contribution is -2.29. The molecule has 6 heteroatoms. The first kappa shape index (κ1) is 16.7. The molecule has 0 aliphatic carbocycles. The molecule has 1 aliphatic heterocycles. The van der Waals surface area contributed by atoms with Crippen molar-refractivity contribution in [1.29, 1.82) is 0 Å². The molecule has 128 valence electrons. The van der Waals surface area contributed by atoms with Gasteiger partial charge in [-0.1, -0.05) is 30.3 Å². The fraction of sp³-hybridized carbons (Fsp3) is 0.444. The van der Waals surface area contributed by atoms with Crippen molar-refractivity contribution in [2.45, 2.75) is 32.4 Å². The van der Waals surface area contributed by atoms with Gasteiger partial charge in [0.15, 0.2) is 5.69 Å². The first-order chi connectivity index (χ1) is 11.8. The zero-order valence-corrected chi connectivity index (χ0v) is 13.8. The molecule has 3 rings (SSSR count). The summed E-state index contributed by atoms with van der Waals surface area (Å²) in [6, 6.07) is 10.1. The second-order valence-electron chi connectivity index (χ2n) is 5.96. The Bertz CT molecular complexity index is 654. The number of carbonyl (C=O) groups excluding carboxylic acids is 1. The summed E-state index contributed by atoms with van der Waals surface area (Å²) < 4.78 is 5.64. The molecule has 1 aromatic heterocycles. The van der Waals surface area contributed by atoms with Gasteiger partial charge >= 0.3 is 0 Å². The van der Waals surface area contributed by atoms with Gasteiger partial charge in [-0.05, 0) is 18.4 Å². The van der Waals surface area contributed by atoms with E-state index in [4.69, 9.17) is 4.74 Å². The number of benzene rings is 1. The molecule has 1 aliphatic rings. The van der Waals surface area contributed by atoms with Crippen LogP contribution >= 0.6 is 0 Å². The molecule has 0 atom stereocenters. The summed E-state index contributed by atoms with van der Waals surface area (Å²) >= 11 is 0. The highest BCUT2D eigenvalue weighted by Gasteiger charge is 2.20. The van der Waals surface area contributed by atoms with Gasteiger partial charge < -0.3 is 15.4 Å². The Balaban J connectivity index is 1.31. The molecule has 0 radical (unpaired) electrons. The summed E-state index contributed by atoms with van der Waals surface area (Å²) in [6.45, 7) is 3.62. The Morgan fingerprint density at radius 1 is 1.25 bits per heavy atom. The summed E-state index contributed by atoms with van der Waals surface area (Å²) in [6.07, 6.45) is 2.72. The van der Waals surface area contributed by atoms with E-state index in [1.165, 1.54) is 5.56 Å². The standard InChI is InChI=1S/C18H24N4O2/c23-18(17-15-12-19-10-8-16(15)21-22-17)20-9-4-5-11-24-13-14-6-2-1-3-7-14/h1-3,6-7,19H,4-5,8-13H2,(H,20,23)(H,21,22). The minimum absolute atomic E-state index is 0.0959. The molecule has 24 heavy (non-hydrogen) atoms. The van der Waals surface area contributed by atoms with Gasteiger partial charge in [0.05, 0.1) is 6.61 Å². The van der Waals surface area contributed by atoms with Crippen LogP contribution in [0.2, 0.25) is 0 Å². The average molecular weight is 328 g/mol. The monoisotopic (exact) mass is 328 g/mol. The van der Waals surface area contributed by atoms with E-state index in [0.717, 1.165) is 37.1 Å². The predicted octanol–water partition coefficient (Wildman–Crippen LogP) is 1.78. The Morgan fingerprint density at radius 3 is 3.00 bits per heavy atom. The smallest absolute Gasteiger partial charge is 0.272 e. The van der Waals surface area contributed by atoms with Crippen molar-refractivity contribution in [2.24, 2.45) is 0 Å². The molecule has 0 unspecified atom stereocenters. The predicted molar refractivity (Wildman–Crippen MR) is 91.7 cm³/mol. The number of amides is 1. The average Bonchev–Trinajstić information content (AvgIpc) is 3.06. The van der Waals surface area contributed by atoms with Crippen molar-refractivity contribution in [1.82, 2.24) is 20.8 Å². The van der Waals surface area contributed by atoms with Crippen molar-refractivity contribution < 1.29 is 9.53 Å². The Morgan fingerprint density at radius 2 is 2.12 bits per heavy atom. The fourth-order valence-electron chi connectivity index (χ4n) is 2.79. The third kappa shape index (κ3) is 4.43. The number of rotatable bonds is 8. The van der Waals surface area contributed by atoms with Gasteiger partial charge in [0, 0.05) is 43.9 Å². The SMILES string of the molecule is O=C(NCCCCOCc1ccccc1)c1n[nH]c2c1CNCC2. The van der Waals surface area contributed by atoms with Crippen LogP contribution in [0.3, 0.4) is 0 Å². The van der Waals surface area contributed by atoms with Crippen molar-refractivity contribution in [3.63, 3.8) is 0 Å². The highest BCUT2D eigenvalue weighted by Crippen LogP contribution is 2.15. The van der Waals surface area contributed by atoms with Crippen LogP contribution in [0.15, 0.2) is 30.3 Å². The lowest BCUT2D eigenvalue weighted by molar-refractivity contribution is 0.0940. The molecule has 2 aromatic rings. The van der Waals surface area contributed by atoms with Crippen LogP contribution in [0.5, 0.6) is 0 Å². The molecule has 3 N–H and O–H groups in total. The van der Waals surface area contributed by atoms with Crippen molar-refractivity contribution in [3.8, 4) is 0 Å². The number of hydrogen-bond acceptors (Lipinski definition) is 4. The van der Waals surface area contributed by atoms with E-state index in [1.54, 1.807) is 0 Å². The molecule has 0 saturated heterocycles. The summed E-state index contributed by atoms with van der Waals surface area (Å²) in [7, 11) is 0. The van der Waals surface area contributed by atoms with Gasteiger partial charge in [0.25, 0.3) is 5.91 Å². The van der Waals surface area contributed by atoms with Crippen molar-refractivity contribution in [3.05, 3.63) is 52.8 Å². The minimum atomic E-state index is -0.0959. The molecule has 1 aromatic carbocycles. The van der Waals surface area contributed by atoms with E-state index in [9.17, 15) is 4.79 Å². The van der Waals surface area contributed by atoms with Gasteiger partial charge in [-0.2, -0.15) is 5.10 Å². The molecule has 0 spiro atoms. The number of ether oxygens (including phenoxy) is 1. The number of nitrogens with zero attached hydrogens (tertiary/aromatic N) is 1. The largest absolute Gasteiger partial charge is 0.377 e. The summed E-state index contributed by atoms with van der Waals surface area (Å²) in [4.78, 5) is 12.2. The van der Waals surface area contributed by atoms with E-state index >= 15 is 0 Å². The zero-order valence-electron chi connectivity index (χ0n) is 13.8. The lowest BCUT2D eigenvalue weighted by atomic mass is 10.1. The Hall–Kier alpha value is -2.18. The number of unbranched alkanes of at least 4 members (excludes halogenated alkanes) is 1. The summed E-state index contributed by atoms with van der Waals surface area (Å²) in [5.74, 6) is -0.0959. The number of fused-ring (bicyclic) bond motifs is 1. The quantitative estimate of drug-likeness (QED) is 0.646. The molecule has 0 saturated carbocycles. The highest BCUT2D eigenvalue weighted by atomic mass is 16.5. The van der Waals surface area contributed by atoms with Gasteiger partial charge in [-0.15, -0.1) is 0 Å². The molecule has 1 amide bonds. The van der Waals surface area contributed by atoms with Crippen LogP contribution in [-0.4, -0.2) is 35.8 Å². The lowest BCUT2D eigenvalue weighted by Gasteiger charge is -2.12. The fourth-order valence-corrected chi connectivity index (χ4v) is 2.79. The maximum absolute atomic E-state index is 12.2. The summed E-state index contributed by atoms with van der Waals surface area (Å²) in [5.41, 5.74) is 3.79. The van der Waals surface area contributed by atoms with Crippen LogP contribution < -0.4 is 10.6 Å². The van der Waals surface area contributed by atoms with Gasteiger partial charge in [-0.25, -0.2) is 0 Å². The maximum atomic E-state index is 12.2. The van der Waals surface area contributed by atoms with Crippen LogP contribution in [0.25, 0.3) is 0 Å². The van der Waals surface area contributed by atoms with Crippen LogP contribution in [0.4, 0.5) is 0 Å². The number of aromatic amines is 1. The summed E-state index contributed by atoms with van der Waals surface area (Å²) in [5, 5.41) is 13.3. The van der Waals surface area contributed by atoms with Gasteiger partial charge in [0.1, 0.15) is 0 Å². The minimum Gasteiger partial charge on any atom is -0.377 e.